The van der Waals surface area contributed by atoms with Gasteiger partial charge in [0.1, 0.15) is 0 Å². The lowest BCUT2D eigenvalue weighted by Gasteiger charge is -2.30. The molecule has 2 aliphatic carbocycles. The average Bonchev–Trinajstić information content (AvgIpc) is 2.58. The van der Waals surface area contributed by atoms with Crippen molar-refractivity contribution in [2.24, 2.45) is 17.1 Å². The van der Waals surface area contributed by atoms with Gasteiger partial charge in [0, 0.05) is 16.8 Å². The Morgan fingerprint density at radius 3 is 2.35 bits per heavy atom. The van der Waals surface area contributed by atoms with Crippen LogP contribution >= 0.6 is 0 Å². The molecule has 4 N–H and O–H groups in total. The van der Waals surface area contributed by atoms with E-state index in [1.807, 2.05) is 12.1 Å². The fraction of sp³-hybridized carbons (Fsp3) is 0.444. The van der Waals surface area contributed by atoms with E-state index >= 15 is 0 Å². The summed E-state index contributed by atoms with van der Waals surface area (Å²) < 4.78 is 0. The molecule has 0 heterocycles. The molecule has 1 fully saturated rings. The van der Waals surface area contributed by atoms with E-state index in [-0.39, 0.29) is 5.41 Å². The molecular formula is C18H24N2. The minimum absolute atomic E-state index is 0.0702. The van der Waals surface area contributed by atoms with Crippen LogP contribution < -0.4 is 11.5 Å². The van der Waals surface area contributed by atoms with Crippen LogP contribution in [0.15, 0.2) is 47.7 Å². The summed E-state index contributed by atoms with van der Waals surface area (Å²) in [5.41, 5.74) is 16.9. The van der Waals surface area contributed by atoms with Crippen LogP contribution in [-0.4, -0.2) is 0 Å². The summed E-state index contributed by atoms with van der Waals surface area (Å²) in [6.07, 6.45) is 6.60. The quantitative estimate of drug-likeness (QED) is 0.762. The molecule has 2 unspecified atom stereocenters. The number of nitrogens with two attached hydrogens (primary N) is 2. The smallest absolute Gasteiger partial charge is 0.0314 e. The molecule has 2 heteroatoms. The van der Waals surface area contributed by atoms with E-state index in [4.69, 9.17) is 11.5 Å². The second kappa shape index (κ2) is 4.15. The van der Waals surface area contributed by atoms with Gasteiger partial charge < -0.3 is 11.5 Å². The summed E-state index contributed by atoms with van der Waals surface area (Å²) in [6, 6.07) is 8.35. The van der Waals surface area contributed by atoms with Gasteiger partial charge in [0.15, 0.2) is 0 Å². The van der Waals surface area contributed by atoms with Crippen molar-refractivity contribution < 1.29 is 0 Å². The Bertz CT molecular complexity index is 592. The fourth-order valence-corrected chi connectivity index (χ4v) is 4.26. The zero-order chi connectivity index (χ0) is 14.5. The van der Waals surface area contributed by atoms with E-state index < -0.39 is 0 Å². The van der Waals surface area contributed by atoms with Crippen LogP contribution in [0.2, 0.25) is 0 Å². The Hall–Kier alpha value is -1.70. The molecule has 0 aliphatic heterocycles. The summed E-state index contributed by atoms with van der Waals surface area (Å²) >= 11 is 0. The first-order valence-corrected chi connectivity index (χ1v) is 7.37. The van der Waals surface area contributed by atoms with E-state index in [0.717, 1.165) is 24.2 Å². The van der Waals surface area contributed by atoms with Crippen molar-refractivity contribution in [2.75, 3.05) is 5.73 Å². The molecule has 0 amide bonds. The van der Waals surface area contributed by atoms with Gasteiger partial charge in [0.2, 0.25) is 0 Å². The second-order valence-corrected chi connectivity index (χ2v) is 7.21. The number of hydrogen-bond donors (Lipinski definition) is 2. The van der Waals surface area contributed by atoms with Crippen LogP contribution in [0.1, 0.15) is 39.2 Å². The molecule has 2 nitrogen and oxygen atoms in total. The van der Waals surface area contributed by atoms with Crippen molar-refractivity contribution >= 4 is 5.69 Å². The van der Waals surface area contributed by atoms with Gasteiger partial charge in [-0.1, -0.05) is 44.6 Å². The predicted molar refractivity (Wildman–Crippen MR) is 85.1 cm³/mol. The van der Waals surface area contributed by atoms with Crippen LogP contribution in [-0.2, 0) is 5.41 Å². The van der Waals surface area contributed by atoms with Crippen LogP contribution in [0, 0.1) is 11.3 Å². The summed E-state index contributed by atoms with van der Waals surface area (Å²) in [6.45, 7) is 7.11. The number of rotatable bonds is 1. The predicted octanol–water partition coefficient (Wildman–Crippen LogP) is 3.75. The zero-order valence-corrected chi connectivity index (χ0v) is 12.6. The van der Waals surface area contributed by atoms with Gasteiger partial charge >= 0.3 is 0 Å². The molecule has 20 heavy (non-hydrogen) atoms. The minimum Gasteiger partial charge on any atom is -0.399 e. The molecule has 1 aromatic rings. The monoisotopic (exact) mass is 268 g/mol. The number of hydrogen-bond acceptors (Lipinski definition) is 2. The molecule has 0 radical (unpaired) electrons. The van der Waals surface area contributed by atoms with Gasteiger partial charge in [-0.25, -0.2) is 0 Å². The lowest BCUT2D eigenvalue weighted by molar-refractivity contribution is 0.269. The molecule has 2 aliphatic rings. The van der Waals surface area contributed by atoms with Crippen molar-refractivity contribution in [2.45, 2.75) is 39.0 Å². The van der Waals surface area contributed by atoms with Crippen molar-refractivity contribution in [3.05, 3.63) is 53.3 Å². The van der Waals surface area contributed by atoms with Gasteiger partial charge in [-0.2, -0.15) is 0 Å². The van der Waals surface area contributed by atoms with Gasteiger partial charge in [-0.3, -0.25) is 0 Å². The van der Waals surface area contributed by atoms with Crippen LogP contribution in [0.5, 0.6) is 0 Å². The molecule has 2 atom stereocenters. The average molecular weight is 268 g/mol. The number of fused-ring (bicyclic) bond motifs is 1. The Morgan fingerprint density at radius 2 is 1.70 bits per heavy atom. The molecular weight excluding hydrogens is 244 g/mol. The SMILES string of the molecule is CC1(c2ccc(N)cc2)CC(C)(C)C2CC=C(N)C=C21. The summed E-state index contributed by atoms with van der Waals surface area (Å²) in [5.74, 6) is 0.595. The van der Waals surface area contributed by atoms with Crippen LogP contribution in [0.4, 0.5) is 5.69 Å². The molecule has 1 aromatic carbocycles. The lowest BCUT2D eigenvalue weighted by Crippen LogP contribution is -2.23. The Kier molecular flexibility index (Phi) is 2.75. The molecule has 0 spiro atoms. The molecule has 106 valence electrons. The maximum atomic E-state index is 6.07. The van der Waals surface area contributed by atoms with Crippen molar-refractivity contribution in [1.82, 2.24) is 0 Å². The highest BCUT2D eigenvalue weighted by atomic mass is 14.6. The lowest BCUT2D eigenvalue weighted by atomic mass is 9.74. The first-order valence-electron chi connectivity index (χ1n) is 7.37. The van der Waals surface area contributed by atoms with Crippen LogP contribution in [0.3, 0.4) is 0 Å². The molecule has 0 bridgehead atoms. The highest BCUT2D eigenvalue weighted by Gasteiger charge is 2.51. The Labute approximate surface area is 121 Å². The minimum atomic E-state index is 0.0702. The fourth-order valence-electron chi connectivity index (χ4n) is 4.26. The Morgan fingerprint density at radius 1 is 1.05 bits per heavy atom. The van der Waals surface area contributed by atoms with Crippen LogP contribution in [0.25, 0.3) is 0 Å². The van der Waals surface area contributed by atoms with Crippen molar-refractivity contribution in [1.29, 1.82) is 0 Å². The topological polar surface area (TPSA) is 52.0 Å². The summed E-state index contributed by atoms with van der Waals surface area (Å²) in [7, 11) is 0. The second-order valence-electron chi connectivity index (χ2n) is 7.21. The molecule has 0 saturated heterocycles. The number of benzene rings is 1. The van der Waals surface area contributed by atoms with E-state index in [1.54, 1.807) is 0 Å². The normalized spacial score (nSPS) is 31.4. The third-order valence-corrected chi connectivity index (χ3v) is 5.22. The van der Waals surface area contributed by atoms with Gasteiger partial charge in [-0.15, -0.1) is 0 Å². The maximum absolute atomic E-state index is 6.07. The first-order chi connectivity index (χ1) is 9.33. The summed E-state index contributed by atoms with van der Waals surface area (Å²) in [5, 5.41) is 0. The van der Waals surface area contributed by atoms with E-state index in [1.165, 1.54) is 11.1 Å². The molecule has 3 rings (SSSR count). The van der Waals surface area contributed by atoms with Gasteiger partial charge in [-0.05, 0) is 47.9 Å². The number of anilines is 1. The third kappa shape index (κ3) is 1.86. The maximum Gasteiger partial charge on any atom is 0.0314 e. The van der Waals surface area contributed by atoms with Gasteiger partial charge in [0.05, 0.1) is 0 Å². The molecule has 0 aromatic heterocycles. The highest BCUT2D eigenvalue weighted by molar-refractivity contribution is 5.49. The first kappa shape index (κ1) is 13.3. The van der Waals surface area contributed by atoms with Gasteiger partial charge in [0.25, 0.3) is 0 Å². The third-order valence-electron chi connectivity index (χ3n) is 5.22. The standard InChI is InChI=1S/C18H24N2/c1-17(2)11-18(3,12-4-6-13(19)7-5-12)16-10-14(20)8-9-15(16)17/h4-8,10,15H,9,11,19-20H2,1-3H3. The van der Waals surface area contributed by atoms with E-state index in [9.17, 15) is 0 Å². The summed E-state index contributed by atoms with van der Waals surface area (Å²) in [4.78, 5) is 0. The van der Waals surface area contributed by atoms with Crippen molar-refractivity contribution in [3.8, 4) is 0 Å². The highest BCUT2D eigenvalue weighted by Crippen LogP contribution is 2.59. The zero-order valence-electron chi connectivity index (χ0n) is 12.6. The van der Waals surface area contributed by atoms with E-state index in [0.29, 0.717) is 11.3 Å². The Balaban J connectivity index is 2.12. The van der Waals surface area contributed by atoms with E-state index in [2.05, 4.69) is 45.1 Å². The largest absolute Gasteiger partial charge is 0.399 e. The molecule has 1 saturated carbocycles. The number of nitrogen functional groups attached to an aromatic ring is 1. The number of allylic oxidation sites excluding steroid dienone is 3. The van der Waals surface area contributed by atoms with Crippen molar-refractivity contribution in [3.63, 3.8) is 0 Å².